The van der Waals surface area contributed by atoms with Gasteiger partial charge in [0, 0.05) is 11.4 Å². The van der Waals surface area contributed by atoms with Crippen LogP contribution in [-0.4, -0.2) is 11.4 Å². The number of amides is 1. The highest BCUT2D eigenvalue weighted by Crippen LogP contribution is 2.41. The first-order valence-electron chi connectivity index (χ1n) is 5.76. The largest absolute Gasteiger partial charge is 0.368 e. The molecule has 0 radical (unpaired) electrons. The van der Waals surface area contributed by atoms with Crippen LogP contribution in [0.2, 0.25) is 0 Å². The first-order valence-corrected chi connectivity index (χ1v) is 6.64. The van der Waals surface area contributed by atoms with E-state index >= 15 is 0 Å². The van der Waals surface area contributed by atoms with Crippen LogP contribution in [-0.2, 0) is 11.3 Å². The summed E-state index contributed by atoms with van der Waals surface area (Å²) in [5, 5.41) is 5.43. The van der Waals surface area contributed by atoms with Gasteiger partial charge in [0.1, 0.15) is 5.54 Å². The minimum atomic E-state index is -0.482. The minimum absolute atomic E-state index is 0.200. The van der Waals surface area contributed by atoms with E-state index in [9.17, 15) is 4.79 Å². The number of carbonyl (C=O) groups is 1. The zero-order valence-corrected chi connectivity index (χ0v) is 10.3. The van der Waals surface area contributed by atoms with E-state index in [1.165, 1.54) is 4.88 Å². The lowest BCUT2D eigenvalue weighted by Crippen LogP contribution is -2.56. The Kier molecular flexibility index (Phi) is 3.30. The number of hydrogen-bond donors (Lipinski definition) is 2. The predicted molar refractivity (Wildman–Crippen MR) is 66.1 cm³/mol. The molecule has 1 heterocycles. The molecule has 0 bridgehead atoms. The number of nitrogens with one attached hydrogen (secondary N) is 1. The Bertz CT molecular complexity index is 359. The van der Waals surface area contributed by atoms with Crippen LogP contribution < -0.4 is 11.1 Å². The SMILES string of the molecule is CCC(NCc1cccs1)(C(N)=O)C1CC1. The quantitative estimate of drug-likeness (QED) is 0.795. The Hall–Kier alpha value is -0.870. The van der Waals surface area contributed by atoms with Crippen LogP contribution in [0.15, 0.2) is 17.5 Å². The van der Waals surface area contributed by atoms with Crippen molar-refractivity contribution in [3.63, 3.8) is 0 Å². The van der Waals surface area contributed by atoms with Crippen molar-refractivity contribution < 1.29 is 4.79 Å². The van der Waals surface area contributed by atoms with E-state index in [1.807, 2.05) is 18.4 Å². The lowest BCUT2D eigenvalue weighted by Gasteiger charge is -2.30. The van der Waals surface area contributed by atoms with Crippen molar-refractivity contribution in [2.24, 2.45) is 11.7 Å². The van der Waals surface area contributed by atoms with Gasteiger partial charge in [-0.05, 0) is 36.6 Å². The molecule has 1 unspecified atom stereocenters. The molecule has 0 aromatic carbocycles. The molecule has 3 N–H and O–H groups in total. The summed E-state index contributed by atoms with van der Waals surface area (Å²) in [6.45, 7) is 2.77. The molecule has 0 spiro atoms. The molecule has 1 saturated carbocycles. The van der Waals surface area contributed by atoms with Crippen molar-refractivity contribution in [2.45, 2.75) is 38.3 Å². The third kappa shape index (κ3) is 2.13. The van der Waals surface area contributed by atoms with E-state index in [0.29, 0.717) is 5.92 Å². The van der Waals surface area contributed by atoms with Crippen molar-refractivity contribution in [1.82, 2.24) is 5.32 Å². The molecule has 1 aromatic heterocycles. The van der Waals surface area contributed by atoms with E-state index in [-0.39, 0.29) is 5.91 Å². The molecule has 3 nitrogen and oxygen atoms in total. The van der Waals surface area contributed by atoms with Crippen molar-refractivity contribution in [3.8, 4) is 0 Å². The van der Waals surface area contributed by atoms with Gasteiger partial charge in [-0.1, -0.05) is 13.0 Å². The molecule has 1 amide bonds. The number of thiophene rings is 1. The molecular weight excluding hydrogens is 220 g/mol. The van der Waals surface area contributed by atoms with Gasteiger partial charge in [-0.25, -0.2) is 0 Å². The lowest BCUT2D eigenvalue weighted by atomic mass is 9.89. The first-order chi connectivity index (χ1) is 7.69. The van der Waals surface area contributed by atoms with Crippen LogP contribution in [0.5, 0.6) is 0 Å². The van der Waals surface area contributed by atoms with Gasteiger partial charge >= 0.3 is 0 Å². The number of hydrogen-bond acceptors (Lipinski definition) is 3. The fraction of sp³-hybridized carbons (Fsp3) is 0.583. The minimum Gasteiger partial charge on any atom is -0.368 e. The topological polar surface area (TPSA) is 55.1 Å². The molecule has 1 aromatic rings. The van der Waals surface area contributed by atoms with Crippen molar-refractivity contribution in [2.75, 3.05) is 0 Å². The summed E-state index contributed by atoms with van der Waals surface area (Å²) in [5.74, 6) is 0.240. The fourth-order valence-electron chi connectivity index (χ4n) is 2.25. The average molecular weight is 238 g/mol. The van der Waals surface area contributed by atoms with Crippen molar-refractivity contribution >= 4 is 17.2 Å². The Morgan fingerprint density at radius 1 is 1.69 bits per heavy atom. The van der Waals surface area contributed by atoms with Gasteiger partial charge in [0.2, 0.25) is 5.91 Å². The summed E-state index contributed by atoms with van der Waals surface area (Å²) < 4.78 is 0. The van der Waals surface area contributed by atoms with Gasteiger partial charge in [0.25, 0.3) is 0 Å². The zero-order valence-electron chi connectivity index (χ0n) is 9.53. The lowest BCUT2D eigenvalue weighted by molar-refractivity contribution is -0.125. The maximum absolute atomic E-state index is 11.7. The second-order valence-electron chi connectivity index (χ2n) is 4.40. The first kappa shape index (κ1) is 11.6. The molecule has 0 aliphatic heterocycles. The summed E-state index contributed by atoms with van der Waals surface area (Å²) >= 11 is 1.70. The molecule has 4 heteroatoms. The standard InChI is InChI=1S/C12H18N2OS/c1-2-12(11(13)15,9-5-6-9)14-8-10-4-3-7-16-10/h3-4,7,9,14H,2,5-6,8H2,1H3,(H2,13,15). The van der Waals surface area contributed by atoms with Crippen LogP contribution in [0.1, 0.15) is 31.1 Å². The summed E-state index contributed by atoms with van der Waals surface area (Å²) in [7, 11) is 0. The van der Waals surface area contributed by atoms with Gasteiger partial charge < -0.3 is 5.73 Å². The average Bonchev–Trinajstić information content (AvgIpc) is 2.97. The number of nitrogens with two attached hydrogens (primary N) is 1. The van der Waals surface area contributed by atoms with Crippen LogP contribution in [0.3, 0.4) is 0 Å². The molecule has 2 rings (SSSR count). The molecule has 1 fully saturated rings. The Balaban J connectivity index is 2.04. The van der Waals surface area contributed by atoms with Crippen molar-refractivity contribution in [1.29, 1.82) is 0 Å². The van der Waals surface area contributed by atoms with Gasteiger partial charge in [-0.2, -0.15) is 0 Å². The normalized spacial score (nSPS) is 19.3. The highest BCUT2D eigenvalue weighted by molar-refractivity contribution is 7.09. The molecule has 1 aliphatic carbocycles. The summed E-state index contributed by atoms with van der Waals surface area (Å²) in [6.07, 6.45) is 3.01. The summed E-state index contributed by atoms with van der Waals surface area (Å²) in [6, 6.07) is 4.10. The van der Waals surface area contributed by atoms with Gasteiger partial charge in [-0.15, -0.1) is 11.3 Å². The Morgan fingerprint density at radius 3 is 2.88 bits per heavy atom. The summed E-state index contributed by atoms with van der Waals surface area (Å²) in [4.78, 5) is 12.9. The molecule has 16 heavy (non-hydrogen) atoms. The second kappa shape index (κ2) is 4.55. The maximum Gasteiger partial charge on any atom is 0.238 e. The highest BCUT2D eigenvalue weighted by Gasteiger charge is 2.48. The highest BCUT2D eigenvalue weighted by atomic mass is 32.1. The number of carbonyl (C=O) groups excluding carboxylic acids is 1. The van der Waals surface area contributed by atoms with E-state index < -0.39 is 5.54 Å². The molecule has 0 saturated heterocycles. The third-order valence-electron chi connectivity index (χ3n) is 3.43. The molecular formula is C12H18N2OS. The van der Waals surface area contributed by atoms with E-state index in [0.717, 1.165) is 25.8 Å². The Morgan fingerprint density at radius 2 is 2.44 bits per heavy atom. The number of rotatable bonds is 6. The fourth-order valence-corrected chi connectivity index (χ4v) is 2.90. The zero-order chi connectivity index (χ0) is 11.6. The van der Waals surface area contributed by atoms with Crippen LogP contribution in [0.25, 0.3) is 0 Å². The van der Waals surface area contributed by atoms with Crippen LogP contribution in [0, 0.1) is 5.92 Å². The third-order valence-corrected chi connectivity index (χ3v) is 4.31. The predicted octanol–water partition coefficient (Wildman–Crippen LogP) is 1.88. The van der Waals surface area contributed by atoms with E-state index in [4.69, 9.17) is 5.73 Å². The van der Waals surface area contributed by atoms with Crippen molar-refractivity contribution in [3.05, 3.63) is 22.4 Å². The van der Waals surface area contributed by atoms with E-state index in [1.54, 1.807) is 11.3 Å². The van der Waals surface area contributed by atoms with E-state index in [2.05, 4.69) is 11.4 Å². The monoisotopic (exact) mass is 238 g/mol. The maximum atomic E-state index is 11.7. The smallest absolute Gasteiger partial charge is 0.238 e. The second-order valence-corrected chi connectivity index (χ2v) is 5.43. The van der Waals surface area contributed by atoms with Crippen LogP contribution >= 0.6 is 11.3 Å². The molecule has 1 aliphatic rings. The van der Waals surface area contributed by atoms with Gasteiger partial charge in [0.15, 0.2) is 0 Å². The van der Waals surface area contributed by atoms with Gasteiger partial charge in [0.05, 0.1) is 0 Å². The summed E-state index contributed by atoms with van der Waals surface area (Å²) in [5.41, 5.74) is 5.08. The number of primary amides is 1. The molecule has 1 atom stereocenters. The molecule has 88 valence electrons. The van der Waals surface area contributed by atoms with Crippen LogP contribution in [0.4, 0.5) is 0 Å². The Labute approximate surface area is 100 Å². The van der Waals surface area contributed by atoms with Gasteiger partial charge in [-0.3, -0.25) is 10.1 Å².